The summed E-state index contributed by atoms with van der Waals surface area (Å²) in [5, 5.41) is 3.93. The zero-order valence-electron chi connectivity index (χ0n) is 19.2. The van der Waals surface area contributed by atoms with Gasteiger partial charge in [0.1, 0.15) is 21.2 Å². The number of benzene rings is 1. The van der Waals surface area contributed by atoms with Crippen LogP contribution in [0.25, 0.3) is 5.52 Å². The van der Waals surface area contributed by atoms with Crippen molar-refractivity contribution in [2.45, 2.75) is 36.5 Å². The van der Waals surface area contributed by atoms with Crippen LogP contribution in [0.15, 0.2) is 63.6 Å². The molecule has 34 heavy (non-hydrogen) atoms. The van der Waals surface area contributed by atoms with Crippen molar-refractivity contribution in [3.05, 3.63) is 59.9 Å². The first-order valence-electron chi connectivity index (χ1n) is 10.7. The number of aromatic nitrogens is 1. The van der Waals surface area contributed by atoms with Crippen molar-refractivity contribution in [2.75, 3.05) is 18.6 Å². The average molecular weight is 506 g/mol. The molecule has 1 N–H and O–H groups in total. The monoisotopic (exact) mass is 505 g/mol. The number of hydrazone groups is 1. The van der Waals surface area contributed by atoms with E-state index in [4.69, 9.17) is 4.74 Å². The Kier molecular flexibility index (Phi) is 7.78. The van der Waals surface area contributed by atoms with Crippen molar-refractivity contribution in [1.29, 1.82) is 0 Å². The van der Waals surface area contributed by atoms with Gasteiger partial charge in [-0.15, -0.1) is 0 Å². The summed E-state index contributed by atoms with van der Waals surface area (Å²) in [7, 11) is -6.53. The molecule has 1 aromatic carbocycles. The van der Waals surface area contributed by atoms with E-state index in [1.54, 1.807) is 57.4 Å². The van der Waals surface area contributed by atoms with Gasteiger partial charge in [0.25, 0.3) is 5.91 Å². The van der Waals surface area contributed by atoms with Crippen LogP contribution in [-0.2, 0) is 19.7 Å². The first kappa shape index (κ1) is 25.4. The van der Waals surface area contributed by atoms with Crippen molar-refractivity contribution in [3.63, 3.8) is 0 Å². The van der Waals surface area contributed by atoms with Crippen molar-refractivity contribution in [2.24, 2.45) is 5.10 Å². The molecule has 3 rings (SSSR count). The van der Waals surface area contributed by atoms with E-state index in [2.05, 4.69) is 10.5 Å². The third kappa shape index (κ3) is 5.15. The Morgan fingerprint density at radius 3 is 2.18 bits per heavy atom. The van der Waals surface area contributed by atoms with Crippen molar-refractivity contribution < 1.29 is 26.4 Å². The molecule has 1 amide bonds. The van der Waals surface area contributed by atoms with Gasteiger partial charge in [-0.3, -0.25) is 4.79 Å². The molecular weight excluding hydrogens is 478 g/mol. The summed E-state index contributed by atoms with van der Waals surface area (Å²) in [6.45, 7) is 3.37. The van der Waals surface area contributed by atoms with E-state index >= 15 is 0 Å². The highest BCUT2D eigenvalue weighted by Crippen LogP contribution is 2.34. The highest BCUT2D eigenvalue weighted by molar-refractivity contribution is 7.94. The number of amides is 1. The second-order valence-electron chi connectivity index (χ2n) is 7.57. The van der Waals surface area contributed by atoms with E-state index in [-0.39, 0.29) is 34.0 Å². The van der Waals surface area contributed by atoms with Crippen molar-refractivity contribution >= 4 is 37.3 Å². The molecule has 0 atom stereocenters. The van der Waals surface area contributed by atoms with E-state index in [0.717, 1.165) is 0 Å². The van der Waals surface area contributed by atoms with Gasteiger partial charge in [-0.25, -0.2) is 22.3 Å². The number of nitrogens with zero attached hydrogens (tertiary/aromatic N) is 2. The summed E-state index contributed by atoms with van der Waals surface area (Å²) in [6.07, 6.45) is 3.42. The third-order valence-electron chi connectivity index (χ3n) is 5.03. The van der Waals surface area contributed by atoms with Crippen LogP contribution in [-0.4, -0.2) is 52.0 Å². The fraction of sp³-hybridized carbons (Fsp3) is 0.304. The number of hydrogen-bond donors (Lipinski definition) is 1. The summed E-state index contributed by atoms with van der Waals surface area (Å²) < 4.78 is 59.2. The molecular formula is C23H27N3O6S2. The SMILES string of the molecule is CCCS(=O)(=O)c1c(S(=O)(=O)CCC)c2ccccn2c1C(=O)NN=Cc1ccc(OC)cc1. The summed E-state index contributed by atoms with van der Waals surface area (Å²) in [5.41, 5.74) is 2.86. The fourth-order valence-corrected chi connectivity index (χ4v) is 7.59. The maximum Gasteiger partial charge on any atom is 0.289 e. The summed E-state index contributed by atoms with van der Waals surface area (Å²) in [6, 6.07) is 11.6. The molecule has 0 aliphatic heterocycles. The average Bonchev–Trinajstić information content (AvgIpc) is 3.17. The number of nitrogens with one attached hydrogen (secondary N) is 1. The lowest BCUT2D eigenvalue weighted by atomic mass is 10.2. The van der Waals surface area contributed by atoms with Crippen molar-refractivity contribution in [1.82, 2.24) is 9.83 Å². The van der Waals surface area contributed by atoms with Gasteiger partial charge in [0.2, 0.25) is 0 Å². The van der Waals surface area contributed by atoms with Gasteiger partial charge in [-0.05, 0) is 54.8 Å². The molecule has 3 aromatic rings. The number of pyridine rings is 1. The number of carbonyl (C=O) groups excluding carboxylic acids is 1. The van der Waals surface area contributed by atoms with E-state index in [9.17, 15) is 21.6 Å². The third-order valence-corrected chi connectivity index (χ3v) is 9.11. The maximum absolute atomic E-state index is 13.2. The van der Waals surface area contributed by atoms with E-state index in [1.807, 2.05) is 0 Å². The molecule has 0 fully saturated rings. The molecule has 0 bridgehead atoms. The van der Waals surface area contributed by atoms with Gasteiger partial charge in [-0.1, -0.05) is 19.9 Å². The molecule has 2 aromatic heterocycles. The zero-order valence-corrected chi connectivity index (χ0v) is 20.8. The van der Waals surface area contributed by atoms with Crippen LogP contribution in [0.4, 0.5) is 0 Å². The Bertz CT molecular complexity index is 1420. The van der Waals surface area contributed by atoms with Crippen LogP contribution >= 0.6 is 0 Å². The lowest BCUT2D eigenvalue weighted by Gasteiger charge is -2.08. The number of hydrogen-bond acceptors (Lipinski definition) is 7. The molecule has 2 heterocycles. The molecule has 0 saturated heterocycles. The molecule has 0 radical (unpaired) electrons. The van der Waals surface area contributed by atoms with Gasteiger partial charge in [0.15, 0.2) is 19.7 Å². The molecule has 0 aliphatic carbocycles. The second-order valence-corrected chi connectivity index (χ2v) is 11.7. The van der Waals surface area contributed by atoms with Crippen LogP contribution in [0.2, 0.25) is 0 Å². The Morgan fingerprint density at radius 2 is 1.59 bits per heavy atom. The summed E-state index contributed by atoms with van der Waals surface area (Å²) in [5.74, 6) is -0.716. The van der Waals surface area contributed by atoms with Gasteiger partial charge in [-0.2, -0.15) is 5.10 Å². The fourth-order valence-electron chi connectivity index (χ4n) is 3.61. The number of rotatable bonds is 10. The Balaban J connectivity index is 2.15. The van der Waals surface area contributed by atoms with Gasteiger partial charge in [0.05, 0.1) is 30.3 Å². The van der Waals surface area contributed by atoms with E-state index in [1.165, 1.54) is 22.9 Å². The second kappa shape index (κ2) is 10.4. The first-order valence-corrected chi connectivity index (χ1v) is 14.0. The molecule has 182 valence electrons. The predicted molar refractivity (Wildman–Crippen MR) is 130 cm³/mol. The molecule has 11 heteroatoms. The lowest BCUT2D eigenvalue weighted by Crippen LogP contribution is -2.23. The minimum Gasteiger partial charge on any atom is -0.497 e. The molecule has 0 unspecified atom stereocenters. The Hall–Kier alpha value is -3.18. The van der Waals surface area contributed by atoms with Crippen LogP contribution in [0, 0.1) is 0 Å². The number of ether oxygens (including phenoxy) is 1. The standard InChI is InChI=1S/C23H27N3O6S2/c1-4-14-33(28,29)21-19-8-6-7-13-26(19)20(22(21)34(30,31)15-5-2)23(27)25-24-16-17-9-11-18(32-3)12-10-17/h6-13,16H,4-5,14-15H2,1-3H3,(H,25,27). The van der Waals surface area contributed by atoms with E-state index in [0.29, 0.717) is 17.7 Å². The molecule has 0 saturated carbocycles. The lowest BCUT2D eigenvalue weighted by molar-refractivity contribution is 0.0945. The molecule has 0 aliphatic rings. The predicted octanol–water partition coefficient (Wildman–Crippen LogP) is 3.08. The number of sulfone groups is 2. The topological polar surface area (TPSA) is 123 Å². The van der Waals surface area contributed by atoms with Crippen LogP contribution < -0.4 is 10.2 Å². The Morgan fingerprint density at radius 1 is 0.971 bits per heavy atom. The van der Waals surface area contributed by atoms with Crippen LogP contribution in [0.5, 0.6) is 5.75 Å². The molecule has 0 spiro atoms. The number of methoxy groups -OCH3 is 1. The van der Waals surface area contributed by atoms with Crippen LogP contribution in [0.1, 0.15) is 42.7 Å². The zero-order chi connectivity index (χ0) is 24.9. The summed E-state index contributed by atoms with van der Waals surface area (Å²) >= 11 is 0. The van der Waals surface area contributed by atoms with Gasteiger partial charge >= 0.3 is 0 Å². The quantitative estimate of drug-likeness (QED) is 0.334. The van der Waals surface area contributed by atoms with Gasteiger partial charge in [0, 0.05) is 6.20 Å². The number of fused-ring (bicyclic) bond motifs is 1. The highest BCUT2D eigenvalue weighted by atomic mass is 32.2. The number of carbonyl (C=O) groups is 1. The Labute approximate surface area is 199 Å². The van der Waals surface area contributed by atoms with Gasteiger partial charge < -0.3 is 9.14 Å². The highest BCUT2D eigenvalue weighted by Gasteiger charge is 2.36. The minimum absolute atomic E-state index is 0.134. The maximum atomic E-state index is 13.2. The minimum atomic E-state index is -4.09. The normalized spacial score (nSPS) is 12.3. The van der Waals surface area contributed by atoms with E-state index < -0.39 is 30.5 Å². The molecule has 9 nitrogen and oxygen atoms in total. The smallest absolute Gasteiger partial charge is 0.289 e. The summed E-state index contributed by atoms with van der Waals surface area (Å²) in [4.78, 5) is 12.4. The largest absolute Gasteiger partial charge is 0.497 e. The van der Waals surface area contributed by atoms with Crippen LogP contribution in [0.3, 0.4) is 0 Å². The first-order chi connectivity index (χ1) is 16.2. The van der Waals surface area contributed by atoms with Crippen molar-refractivity contribution in [3.8, 4) is 5.75 Å².